The van der Waals surface area contributed by atoms with Gasteiger partial charge in [-0.3, -0.25) is 14.6 Å². The molecule has 0 atom stereocenters. The van der Waals surface area contributed by atoms with E-state index in [1.807, 2.05) is 147 Å². The summed E-state index contributed by atoms with van der Waals surface area (Å²) in [6, 6.07) is 46.0. The first-order valence-corrected chi connectivity index (χ1v) is 24.3. The van der Waals surface area contributed by atoms with Gasteiger partial charge in [0.25, 0.3) is 5.91 Å². The summed E-state index contributed by atoms with van der Waals surface area (Å²) < 4.78 is 0. The number of carbonyl (C=O) groups excluding carboxylic acids is 2. The molecule has 13 rings (SSSR count). The molecule has 12 aromatic rings. The first-order chi connectivity index (χ1) is 35.6. The highest BCUT2D eigenvalue weighted by molar-refractivity contribution is 6.32. The van der Waals surface area contributed by atoms with E-state index in [4.69, 9.17) is 16.6 Å². The fraction of sp³-hybridized carbons (Fsp3) is 0.0484. The minimum atomic E-state index is -0.453. The summed E-state index contributed by atoms with van der Waals surface area (Å²) in [6.45, 7) is 7.82. The molecule has 10 aromatic carbocycles. The Bertz CT molecular complexity index is 4520. The van der Waals surface area contributed by atoms with Crippen molar-refractivity contribution < 1.29 is 19.8 Å². The molecule has 350 valence electrons. The quantitative estimate of drug-likeness (QED) is 0.0759. The molecule has 1 amide bonds. The summed E-state index contributed by atoms with van der Waals surface area (Å²) in [5, 5.41) is 45.1. The maximum absolute atomic E-state index is 14.6. The monoisotopic (exact) mass is 968 g/mol. The summed E-state index contributed by atoms with van der Waals surface area (Å²) in [4.78, 5) is 40.9. The van der Waals surface area contributed by atoms with E-state index < -0.39 is 5.91 Å². The van der Waals surface area contributed by atoms with Gasteiger partial charge >= 0.3 is 0 Å². The van der Waals surface area contributed by atoms with Gasteiger partial charge in [0.15, 0.2) is 5.78 Å². The normalized spacial score (nSPS) is 12.5. The van der Waals surface area contributed by atoms with Gasteiger partial charge in [-0.05, 0) is 119 Å². The lowest BCUT2D eigenvalue weighted by molar-refractivity contribution is 0.102. The Hall–Kier alpha value is -9.38. The molecule has 2 aromatic heterocycles. The molecular weight excluding hydrogens is 928 g/mol. The number of hydrogen-bond acceptors (Lipinski definition) is 7. The van der Waals surface area contributed by atoms with Crippen LogP contribution in [0.4, 0.5) is 22.7 Å². The van der Waals surface area contributed by atoms with Crippen molar-refractivity contribution in [2.45, 2.75) is 20.3 Å². The van der Waals surface area contributed by atoms with Crippen LogP contribution in [0.25, 0.3) is 93.1 Å². The van der Waals surface area contributed by atoms with Crippen molar-refractivity contribution in [2.75, 3.05) is 5.32 Å². The van der Waals surface area contributed by atoms with Gasteiger partial charge in [-0.25, -0.2) is 0 Å². The van der Waals surface area contributed by atoms with Crippen LogP contribution in [0.15, 0.2) is 167 Å². The van der Waals surface area contributed by atoms with E-state index in [2.05, 4.69) is 38.2 Å². The Morgan fingerprint density at radius 3 is 2.21 bits per heavy atom. The highest BCUT2D eigenvalue weighted by Crippen LogP contribution is 2.47. The number of aliphatic imine (C=N–C) groups is 1. The largest absolute Gasteiger partial charge is 0.506 e. The Labute approximate surface area is 421 Å². The van der Waals surface area contributed by atoms with Crippen molar-refractivity contribution in [3.63, 3.8) is 0 Å². The van der Waals surface area contributed by atoms with E-state index in [-0.39, 0.29) is 22.8 Å². The number of rotatable bonds is 8. The van der Waals surface area contributed by atoms with E-state index in [1.54, 1.807) is 18.3 Å². The second-order valence-corrected chi connectivity index (χ2v) is 19.0. The summed E-state index contributed by atoms with van der Waals surface area (Å²) in [6.07, 6.45) is 4.14. The molecule has 0 unspecified atom stereocenters. The number of phenolic OH excluding ortho intramolecular Hbond substituents is 2. The molecule has 0 spiro atoms. The van der Waals surface area contributed by atoms with Gasteiger partial charge in [-0.1, -0.05) is 110 Å². The molecule has 0 saturated carbocycles. The standard InChI is InChI=1S/C62H41ClN6O4/c1-4-32-13-22-51-44(26-32)40-19-15-35-27-47(62(73)67-49-12-7-6-9-33(49)5-2)61(72)48(53(35)56(40)65-51)30-64-50-24-21-39-38-20-17-37(29-46(38)60(71)43-11-8-10-42(50)55(39)43)68-69-58-54-34(25-31(3)59(58)70)14-18-41-45-28-36(63)16-23-52(45)66-57(41)54/h4,6-30,65-66,70,72H,1,5H2,2-3H3,(H,67,73). The number of benzene rings is 10. The lowest BCUT2D eigenvalue weighted by Gasteiger charge is -2.21. The van der Waals surface area contributed by atoms with Gasteiger partial charge in [-0.2, -0.15) is 5.11 Å². The number of para-hydroxylation sites is 1. The predicted octanol–water partition coefficient (Wildman–Crippen LogP) is 16.6. The summed E-state index contributed by atoms with van der Waals surface area (Å²) in [5.74, 6) is -0.841. The highest BCUT2D eigenvalue weighted by atomic mass is 35.5. The van der Waals surface area contributed by atoms with E-state index >= 15 is 0 Å². The van der Waals surface area contributed by atoms with Crippen LogP contribution in [0.1, 0.15) is 55.5 Å². The van der Waals surface area contributed by atoms with Gasteiger partial charge in [0.2, 0.25) is 0 Å². The number of carbonyl (C=O) groups is 2. The molecule has 0 fully saturated rings. The smallest absolute Gasteiger partial charge is 0.259 e. The average molecular weight is 970 g/mol. The number of ketones is 1. The SMILES string of the molecule is C=Cc1ccc2[nH]c3c(ccc4cc(C(=O)Nc5ccccc5CC)c(O)c(C=Nc5ccc6c7c(cccc57)C(=O)c5cc(N=Nc7c(O)c(C)cc8ccc9c%10cc(Cl)ccc%10[nH]c9c78)ccc5-6)c43)c2c1. The fourth-order valence-electron chi connectivity index (χ4n) is 10.8. The summed E-state index contributed by atoms with van der Waals surface area (Å²) in [5.41, 5.74) is 11.0. The molecule has 0 saturated heterocycles. The number of aromatic nitrogens is 2. The zero-order chi connectivity index (χ0) is 49.8. The number of H-pyrrole nitrogens is 2. The third kappa shape index (κ3) is 6.83. The first kappa shape index (κ1) is 43.6. The number of aryl methyl sites for hydroxylation is 2. The van der Waals surface area contributed by atoms with Gasteiger partial charge in [0.1, 0.15) is 17.2 Å². The number of phenols is 2. The van der Waals surface area contributed by atoms with Crippen LogP contribution in [0.2, 0.25) is 5.02 Å². The van der Waals surface area contributed by atoms with Crippen molar-refractivity contribution in [1.82, 2.24) is 9.97 Å². The molecule has 2 heterocycles. The Morgan fingerprint density at radius 1 is 0.671 bits per heavy atom. The second-order valence-electron chi connectivity index (χ2n) is 18.5. The second kappa shape index (κ2) is 16.6. The number of azo groups is 1. The number of anilines is 1. The molecule has 1 aliphatic carbocycles. The van der Waals surface area contributed by atoms with E-state index in [0.29, 0.717) is 67.2 Å². The van der Waals surface area contributed by atoms with Crippen molar-refractivity contribution in [1.29, 1.82) is 0 Å². The minimum absolute atomic E-state index is 0.0113. The molecule has 0 radical (unpaired) electrons. The molecule has 73 heavy (non-hydrogen) atoms. The van der Waals surface area contributed by atoms with Crippen LogP contribution in [-0.4, -0.2) is 38.1 Å². The van der Waals surface area contributed by atoms with Gasteiger partial charge in [0.05, 0.1) is 28.0 Å². The summed E-state index contributed by atoms with van der Waals surface area (Å²) in [7, 11) is 0. The van der Waals surface area contributed by atoms with Crippen LogP contribution in [0.3, 0.4) is 0 Å². The van der Waals surface area contributed by atoms with Crippen LogP contribution in [0, 0.1) is 6.92 Å². The van der Waals surface area contributed by atoms with Crippen LogP contribution >= 0.6 is 11.6 Å². The molecular formula is C62H41ClN6O4. The van der Waals surface area contributed by atoms with E-state index in [1.165, 1.54) is 0 Å². The number of nitrogens with one attached hydrogen (secondary N) is 3. The number of nitrogens with zero attached hydrogens (tertiary/aromatic N) is 3. The van der Waals surface area contributed by atoms with Crippen molar-refractivity contribution in [3.05, 3.63) is 196 Å². The molecule has 11 heteroatoms. The Morgan fingerprint density at radius 2 is 1.41 bits per heavy atom. The number of aromatic amines is 2. The number of aromatic hydroxyl groups is 2. The number of halogens is 1. The highest BCUT2D eigenvalue weighted by Gasteiger charge is 2.27. The molecule has 5 N–H and O–H groups in total. The van der Waals surface area contributed by atoms with E-state index in [9.17, 15) is 19.8 Å². The van der Waals surface area contributed by atoms with Crippen LogP contribution in [0.5, 0.6) is 11.5 Å². The number of hydrogen-bond donors (Lipinski definition) is 5. The summed E-state index contributed by atoms with van der Waals surface area (Å²) >= 11 is 6.39. The zero-order valence-electron chi connectivity index (χ0n) is 39.4. The topological polar surface area (TPSA) is 155 Å². The van der Waals surface area contributed by atoms with Gasteiger partial charge in [0, 0.05) is 87.7 Å². The lowest BCUT2D eigenvalue weighted by atomic mass is 9.82. The molecule has 10 nitrogen and oxygen atoms in total. The molecule has 1 aliphatic rings. The van der Waals surface area contributed by atoms with Gasteiger partial charge < -0.3 is 25.5 Å². The number of amides is 1. The van der Waals surface area contributed by atoms with E-state index in [0.717, 1.165) is 87.4 Å². The lowest BCUT2D eigenvalue weighted by Crippen LogP contribution is -2.14. The van der Waals surface area contributed by atoms with Gasteiger partial charge in [-0.15, -0.1) is 5.11 Å². The zero-order valence-corrected chi connectivity index (χ0v) is 40.1. The first-order valence-electron chi connectivity index (χ1n) is 23.9. The minimum Gasteiger partial charge on any atom is -0.506 e. The predicted molar refractivity (Wildman–Crippen MR) is 298 cm³/mol. The van der Waals surface area contributed by atoms with Crippen molar-refractivity contribution in [3.8, 4) is 22.6 Å². The third-order valence-corrected chi connectivity index (χ3v) is 14.6. The van der Waals surface area contributed by atoms with Crippen LogP contribution in [-0.2, 0) is 6.42 Å². The van der Waals surface area contributed by atoms with Crippen molar-refractivity contribution in [2.24, 2.45) is 15.2 Å². The number of fused-ring (bicyclic) bond motifs is 12. The maximum atomic E-state index is 14.6. The Kier molecular flexibility index (Phi) is 9.93. The average Bonchev–Trinajstić information content (AvgIpc) is 3.97. The molecule has 0 aliphatic heterocycles. The van der Waals surface area contributed by atoms with Crippen LogP contribution < -0.4 is 5.32 Å². The third-order valence-electron chi connectivity index (χ3n) is 14.4. The Balaban J connectivity index is 0.911. The molecule has 0 bridgehead atoms. The van der Waals surface area contributed by atoms with Crippen molar-refractivity contribution >= 4 is 134 Å². The fourth-order valence-corrected chi connectivity index (χ4v) is 11.0. The maximum Gasteiger partial charge on any atom is 0.259 e.